The molecular weight excluding hydrogens is 294 g/mol. The molecule has 0 saturated carbocycles. The Bertz CT molecular complexity index is 656. The lowest BCUT2D eigenvalue weighted by Gasteiger charge is -2.32. The summed E-state index contributed by atoms with van der Waals surface area (Å²) in [5, 5.41) is 0. The summed E-state index contributed by atoms with van der Waals surface area (Å²) in [6.07, 6.45) is 3.13. The van der Waals surface area contributed by atoms with Crippen LogP contribution < -0.4 is 0 Å². The molecule has 1 aromatic rings. The van der Waals surface area contributed by atoms with Gasteiger partial charge in [0.05, 0.1) is 18.2 Å². The summed E-state index contributed by atoms with van der Waals surface area (Å²) in [5.41, 5.74) is 1.17. The van der Waals surface area contributed by atoms with Gasteiger partial charge in [0.15, 0.2) is 5.78 Å². The lowest BCUT2D eigenvalue weighted by molar-refractivity contribution is -0.126. The molecule has 2 fully saturated rings. The lowest BCUT2D eigenvalue weighted by Crippen LogP contribution is -2.49. The molecule has 120 valence electrons. The van der Waals surface area contributed by atoms with Crippen LogP contribution in [0.2, 0.25) is 0 Å². The number of benzene rings is 1. The lowest BCUT2D eigenvalue weighted by atomic mass is 9.93. The van der Waals surface area contributed by atoms with Crippen molar-refractivity contribution in [3.63, 3.8) is 0 Å². The smallest absolute Gasteiger partial charge is 0.410 e. The Morgan fingerprint density at radius 1 is 1.22 bits per heavy atom. The van der Waals surface area contributed by atoms with Gasteiger partial charge in [0, 0.05) is 5.92 Å². The fourth-order valence-corrected chi connectivity index (χ4v) is 3.91. The first-order chi connectivity index (χ1) is 11.1. The molecule has 5 atom stereocenters. The molecule has 5 nitrogen and oxygen atoms in total. The van der Waals surface area contributed by atoms with Gasteiger partial charge < -0.3 is 9.47 Å². The minimum absolute atomic E-state index is 0.0107. The molecule has 3 heterocycles. The van der Waals surface area contributed by atoms with Crippen molar-refractivity contribution in [2.45, 2.75) is 37.6 Å². The Balaban J connectivity index is 1.60. The molecule has 0 radical (unpaired) electrons. The van der Waals surface area contributed by atoms with Gasteiger partial charge in [0.1, 0.15) is 12.7 Å². The van der Waals surface area contributed by atoms with Crippen molar-refractivity contribution >= 4 is 11.9 Å². The van der Waals surface area contributed by atoms with Crippen molar-refractivity contribution < 1.29 is 19.1 Å². The fourth-order valence-electron chi connectivity index (χ4n) is 3.91. The average Bonchev–Trinajstić information content (AvgIpc) is 3.03. The Kier molecular flexibility index (Phi) is 3.45. The number of ether oxygens (including phenoxy) is 2. The van der Waals surface area contributed by atoms with E-state index < -0.39 is 6.10 Å². The number of cyclic esters (lactones) is 1. The Morgan fingerprint density at radius 2 is 2.00 bits per heavy atom. The molecule has 5 heteroatoms. The molecule has 1 amide bonds. The first kappa shape index (κ1) is 14.5. The van der Waals surface area contributed by atoms with E-state index in [0.29, 0.717) is 6.61 Å². The molecule has 0 N–H and O–H groups in total. The number of hydrogen-bond donors (Lipinski definition) is 0. The summed E-state index contributed by atoms with van der Waals surface area (Å²) < 4.78 is 11.1. The Labute approximate surface area is 134 Å². The summed E-state index contributed by atoms with van der Waals surface area (Å²) in [4.78, 5) is 26.0. The standard InChI is InChI=1S/C18H19NO4/c1-11-16(15-8-7-14(20)17(11)23-15)19-13(10-22-18(19)21)9-12-5-3-2-4-6-12/h2-8,11,13,15-17H,9-10H2,1H3/t11-,13-,15-,16-,17-/m1/s1. The first-order valence-electron chi connectivity index (χ1n) is 8.01. The summed E-state index contributed by atoms with van der Waals surface area (Å²) >= 11 is 0. The zero-order chi connectivity index (χ0) is 16.0. The molecule has 0 unspecified atom stereocenters. The maximum absolute atomic E-state index is 12.3. The highest BCUT2D eigenvalue weighted by atomic mass is 16.6. The van der Waals surface area contributed by atoms with Crippen molar-refractivity contribution in [1.82, 2.24) is 4.90 Å². The number of fused-ring (bicyclic) bond motifs is 2. The van der Waals surface area contributed by atoms with Crippen LogP contribution in [0.15, 0.2) is 42.5 Å². The van der Waals surface area contributed by atoms with Crippen molar-refractivity contribution in [2.24, 2.45) is 5.92 Å². The van der Waals surface area contributed by atoms with Gasteiger partial charge in [-0.3, -0.25) is 9.69 Å². The second kappa shape index (κ2) is 5.49. The molecular formula is C18H19NO4. The van der Waals surface area contributed by atoms with Crippen LogP contribution in [0.3, 0.4) is 0 Å². The van der Waals surface area contributed by atoms with Gasteiger partial charge in [-0.2, -0.15) is 0 Å². The van der Waals surface area contributed by atoms with Crippen LogP contribution in [0.5, 0.6) is 0 Å². The summed E-state index contributed by atoms with van der Waals surface area (Å²) in [6.45, 7) is 2.36. The highest BCUT2D eigenvalue weighted by Gasteiger charge is 2.53. The van der Waals surface area contributed by atoms with Crippen LogP contribution in [0.1, 0.15) is 12.5 Å². The number of hydrogen-bond acceptors (Lipinski definition) is 4. The van der Waals surface area contributed by atoms with Crippen molar-refractivity contribution in [3.8, 4) is 0 Å². The Hall–Kier alpha value is -2.14. The molecule has 3 aliphatic rings. The largest absolute Gasteiger partial charge is 0.447 e. The third-order valence-corrected chi connectivity index (χ3v) is 5.03. The van der Waals surface area contributed by atoms with E-state index in [0.717, 1.165) is 6.42 Å². The summed E-state index contributed by atoms with van der Waals surface area (Å²) in [6, 6.07) is 9.90. The number of rotatable bonds is 3. The van der Waals surface area contributed by atoms with Crippen LogP contribution >= 0.6 is 0 Å². The molecule has 4 rings (SSSR count). The minimum atomic E-state index is -0.444. The summed E-state index contributed by atoms with van der Waals surface area (Å²) in [5.74, 6) is -0.0464. The fraction of sp³-hybridized carbons (Fsp3) is 0.444. The van der Waals surface area contributed by atoms with Crippen LogP contribution in [0, 0.1) is 5.92 Å². The van der Waals surface area contributed by atoms with E-state index in [4.69, 9.17) is 9.47 Å². The van der Waals surface area contributed by atoms with Gasteiger partial charge >= 0.3 is 6.09 Å². The molecule has 23 heavy (non-hydrogen) atoms. The number of ketones is 1. The maximum Gasteiger partial charge on any atom is 0.410 e. The topological polar surface area (TPSA) is 55.8 Å². The molecule has 2 bridgehead atoms. The predicted octanol–water partition coefficient (Wildman–Crippen LogP) is 1.96. The third kappa shape index (κ3) is 2.36. The van der Waals surface area contributed by atoms with Gasteiger partial charge in [-0.05, 0) is 18.1 Å². The molecule has 0 spiro atoms. The normalized spacial score (nSPS) is 35.7. The second-order valence-electron chi connectivity index (χ2n) is 6.46. The van der Waals surface area contributed by atoms with E-state index in [2.05, 4.69) is 12.1 Å². The van der Waals surface area contributed by atoms with E-state index in [1.807, 2.05) is 25.1 Å². The zero-order valence-corrected chi connectivity index (χ0v) is 12.9. The van der Waals surface area contributed by atoms with Crippen LogP contribution in [-0.2, 0) is 20.7 Å². The zero-order valence-electron chi connectivity index (χ0n) is 12.9. The van der Waals surface area contributed by atoms with Gasteiger partial charge in [-0.25, -0.2) is 4.79 Å². The highest BCUT2D eigenvalue weighted by Crippen LogP contribution is 2.38. The van der Waals surface area contributed by atoms with E-state index in [9.17, 15) is 9.59 Å². The number of carbonyl (C=O) groups excluding carboxylic acids is 2. The number of carbonyl (C=O) groups is 2. The minimum Gasteiger partial charge on any atom is -0.447 e. The van der Waals surface area contributed by atoms with Crippen LogP contribution in [0.4, 0.5) is 4.79 Å². The van der Waals surface area contributed by atoms with E-state index in [-0.39, 0.29) is 36.0 Å². The predicted molar refractivity (Wildman–Crippen MR) is 82.9 cm³/mol. The first-order valence-corrected chi connectivity index (χ1v) is 8.01. The van der Waals surface area contributed by atoms with Crippen LogP contribution in [-0.4, -0.2) is 47.7 Å². The SMILES string of the molecule is C[C@@H]1[C@@H](N2C(=O)OC[C@H]2Cc2ccccc2)[C@H]2C=CC(=O)[C@@H]1O2. The molecule has 0 aromatic heterocycles. The van der Waals surface area contributed by atoms with E-state index in [1.54, 1.807) is 17.1 Å². The van der Waals surface area contributed by atoms with Gasteiger partial charge in [-0.1, -0.05) is 43.3 Å². The average molecular weight is 313 g/mol. The molecule has 2 saturated heterocycles. The quantitative estimate of drug-likeness (QED) is 0.856. The Morgan fingerprint density at radius 3 is 2.74 bits per heavy atom. The third-order valence-electron chi connectivity index (χ3n) is 5.03. The molecule has 1 aromatic carbocycles. The van der Waals surface area contributed by atoms with Gasteiger partial charge in [0.25, 0.3) is 0 Å². The van der Waals surface area contributed by atoms with Crippen molar-refractivity contribution in [1.29, 1.82) is 0 Å². The highest BCUT2D eigenvalue weighted by molar-refractivity contribution is 5.95. The number of amides is 1. The maximum atomic E-state index is 12.3. The molecule has 3 aliphatic heterocycles. The van der Waals surface area contributed by atoms with Crippen molar-refractivity contribution in [2.75, 3.05) is 6.61 Å². The van der Waals surface area contributed by atoms with E-state index in [1.165, 1.54) is 5.56 Å². The van der Waals surface area contributed by atoms with Gasteiger partial charge in [0.2, 0.25) is 0 Å². The second-order valence-corrected chi connectivity index (χ2v) is 6.46. The molecule has 0 aliphatic carbocycles. The monoisotopic (exact) mass is 313 g/mol. The number of nitrogens with zero attached hydrogens (tertiary/aromatic N) is 1. The van der Waals surface area contributed by atoms with Gasteiger partial charge in [-0.15, -0.1) is 0 Å². The van der Waals surface area contributed by atoms with E-state index >= 15 is 0 Å². The van der Waals surface area contributed by atoms with Crippen molar-refractivity contribution in [3.05, 3.63) is 48.0 Å². The summed E-state index contributed by atoms with van der Waals surface area (Å²) in [7, 11) is 0. The van der Waals surface area contributed by atoms with Crippen LogP contribution in [0.25, 0.3) is 0 Å².